The first kappa shape index (κ1) is 17.1. The molecule has 2 aromatic carbocycles. The summed E-state index contributed by atoms with van der Waals surface area (Å²) in [4.78, 5) is 12.4. The molecular formula is C20H25NO2. The standard InChI is InChI=1S/C20H25NO2/c1-5-16-8-10-17(11-9-16)21-20(22)18(6-2)23-19-12-7-14(3)13-15(19)4/h7-13,18H,5-6H2,1-4H3,(H,21,22). The van der Waals surface area contributed by atoms with Crippen molar-refractivity contribution in [2.75, 3.05) is 5.32 Å². The number of anilines is 1. The van der Waals surface area contributed by atoms with Crippen molar-refractivity contribution in [1.29, 1.82) is 0 Å². The predicted molar refractivity (Wildman–Crippen MR) is 95.1 cm³/mol. The normalized spacial score (nSPS) is 11.8. The van der Waals surface area contributed by atoms with E-state index in [1.165, 1.54) is 11.1 Å². The second kappa shape index (κ2) is 7.82. The summed E-state index contributed by atoms with van der Waals surface area (Å²) in [6.45, 7) is 8.10. The van der Waals surface area contributed by atoms with Crippen LogP contribution in [0.2, 0.25) is 0 Å². The molecule has 0 saturated heterocycles. The molecule has 0 heterocycles. The van der Waals surface area contributed by atoms with Crippen molar-refractivity contribution in [2.45, 2.75) is 46.6 Å². The van der Waals surface area contributed by atoms with Crippen molar-refractivity contribution in [1.82, 2.24) is 0 Å². The van der Waals surface area contributed by atoms with Crippen LogP contribution in [0.1, 0.15) is 37.0 Å². The van der Waals surface area contributed by atoms with Gasteiger partial charge in [0.05, 0.1) is 0 Å². The number of ether oxygens (including phenoxy) is 1. The lowest BCUT2D eigenvalue weighted by Crippen LogP contribution is -2.32. The van der Waals surface area contributed by atoms with Gasteiger partial charge in [-0.25, -0.2) is 0 Å². The van der Waals surface area contributed by atoms with Gasteiger partial charge in [0, 0.05) is 5.69 Å². The summed E-state index contributed by atoms with van der Waals surface area (Å²) < 4.78 is 5.92. The fraction of sp³-hybridized carbons (Fsp3) is 0.350. The van der Waals surface area contributed by atoms with Crippen LogP contribution in [-0.4, -0.2) is 12.0 Å². The second-order valence-electron chi connectivity index (χ2n) is 5.82. The maximum atomic E-state index is 12.4. The van der Waals surface area contributed by atoms with E-state index in [0.717, 1.165) is 23.4 Å². The average molecular weight is 311 g/mol. The molecule has 0 aromatic heterocycles. The number of aryl methyl sites for hydroxylation is 3. The van der Waals surface area contributed by atoms with Gasteiger partial charge in [0.25, 0.3) is 5.91 Å². The zero-order valence-electron chi connectivity index (χ0n) is 14.3. The molecule has 3 nitrogen and oxygen atoms in total. The molecule has 0 aliphatic heterocycles. The van der Waals surface area contributed by atoms with E-state index in [1.807, 2.05) is 57.2 Å². The van der Waals surface area contributed by atoms with Crippen LogP contribution in [0.5, 0.6) is 5.75 Å². The Hall–Kier alpha value is -2.29. The van der Waals surface area contributed by atoms with Crippen LogP contribution >= 0.6 is 0 Å². The maximum Gasteiger partial charge on any atom is 0.265 e. The number of benzene rings is 2. The molecule has 0 fully saturated rings. The summed E-state index contributed by atoms with van der Waals surface area (Å²) in [6, 6.07) is 13.9. The molecule has 23 heavy (non-hydrogen) atoms. The highest BCUT2D eigenvalue weighted by Crippen LogP contribution is 2.21. The fourth-order valence-electron chi connectivity index (χ4n) is 2.45. The van der Waals surface area contributed by atoms with E-state index < -0.39 is 6.10 Å². The van der Waals surface area contributed by atoms with Gasteiger partial charge in [0.15, 0.2) is 6.10 Å². The van der Waals surface area contributed by atoms with E-state index in [1.54, 1.807) is 0 Å². The first-order valence-electron chi connectivity index (χ1n) is 8.17. The van der Waals surface area contributed by atoms with E-state index in [2.05, 4.69) is 18.3 Å². The number of amides is 1. The van der Waals surface area contributed by atoms with E-state index in [-0.39, 0.29) is 5.91 Å². The third kappa shape index (κ3) is 4.59. The van der Waals surface area contributed by atoms with Crippen LogP contribution in [0.25, 0.3) is 0 Å². The predicted octanol–water partition coefficient (Wildman–Crippen LogP) is 4.66. The van der Waals surface area contributed by atoms with E-state index in [4.69, 9.17) is 4.74 Å². The number of hydrogen-bond acceptors (Lipinski definition) is 2. The molecule has 0 radical (unpaired) electrons. The Balaban J connectivity index is 2.05. The topological polar surface area (TPSA) is 38.3 Å². The number of nitrogens with one attached hydrogen (secondary N) is 1. The molecular weight excluding hydrogens is 286 g/mol. The lowest BCUT2D eigenvalue weighted by Gasteiger charge is -2.19. The highest BCUT2D eigenvalue weighted by molar-refractivity contribution is 5.94. The Kier molecular flexibility index (Phi) is 5.80. The van der Waals surface area contributed by atoms with Crippen molar-refractivity contribution in [3.05, 3.63) is 59.2 Å². The van der Waals surface area contributed by atoms with Gasteiger partial charge in [0.2, 0.25) is 0 Å². The third-order valence-corrected chi connectivity index (χ3v) is 3.89. The molecule has 122 valence electrons. The summed E-state index contributed by atoms with van der Waals surface area (Å²) in [5.74, 6) is 0.649. The summed E-state index contributed by atoms with van der Waals surface area (Å²) in [5, 5.41) is 2.93. The number of carbonyl (C=O) groups is 1. The van der Waals surface area contributed by atoms with Gasteiger partial charge >= 0.3 is 0 Å². The van der Waals surface area contributed by atoms with E-state index in [0.29, 0.717) is 6.42 Å². The van der Waals surface area contributed by atoms with E-state index in [9.17, 15) is 4.79 Å². The smallest absolute Gasteiger partial charge is 0.265 e. The van der Waals surface area contributed by atoms with Crippen molar-refractivity contribution in [2.24, 2.45) is 0 Å². The number of carbonyl (C=O) groups excluding carboxylic acids is 1. The summed E-state index contributed by atoms with van der Waals surface area (Å²) in [6.07, 6.45) is 1.11. The maximum absolute atomic E-state index is 12.4. The molecule has 0 aliphatic carbocycles. The van der Waals surface area contributed by atoms with Gasteiger partial charge in [-0.2, -0.15) is 0 Å². The first-order chi connectivity index (χ1) is 11.0. The molecule has 0 saturated carbocycles. The minimum Gasteiger partial charge on any atom is -0.480 e. The molecule has 1 atom stereocenters. The Morgan fingerprint density at radius 3 is 2.35 bits per heavy atom. The van der Waals surface area contributed by atoms with Gasteiger partial charge in [-0.1, -0.05) is 43.7 Å². The van der Waals surface area contributed by atoms with Gasteiger partial charge in [0.1, 0.15) is 5.75 Å². The molecule has 0 aliphatic rings. The molecule has 3 heteroatoms. The van der Waals surface area contributed by atoms with Gasteiger partial charge in [-0.15, -0.1) is 0 Å². The summed E-state index contributed by atoms with van der Waals surface area (Å²) >= 11 is 0. The molecule has 0 spiro atoms. The molecule has 1 N–H and O–H groups in total. The second-order valence-corrected chi connectivity index (χ2v) is 5.82. The molecule has 2 aromatic rings. The van der Waals surface area contributed by atoms with Gasteiger partial charge in [-0.3, -0.25) is 4.79 Å². The average Bonchev–Trinajstić information content (AvgIpc) is 2.54. The van der Waals surface area contributed by atoms with Crippen LogP contribution in [0.4, 0.5) is 5.69 Å². The van der Waals surface area contributed by atoms with Crippen molar-refractivity contribution < 1.29 is 9.53 Å². The Bertz CT molecular complexity index is 662. The first-order valence-corrected chi connectivity index (χ1v) is 8.17. The van der Waals surface area contributed by atoms with Crippen molar-refractivity contribution in [3.8, 4) is 5.75 Å². The summed E-state index contributed by atoms with van der Waals surface area (Å²) in [7, 11) is 0. The monoisotopic (exact) mass is 311 g/mol. The van der Waals surface area contributed by atoms with Crippen LogP contribution < -0.4 is 10.1 Å². The van der Waals surface area contributed by atoms with Crippen molar-refractivity contribution in [3.63, 3.8) is 0 Å². The zero-order valence-corrected chi connectivity index (χ0v) is 14.3. The molecule has 1 unspecified atom stereocenters. The lowest BCUT2D eigenvalue weighted by molar-refractivity contribution is -0.122. The largest absolute Gasteiger partial charge is 0.480 e. The Morgan fingerprint density at radius 2 is 1.78 bits per heavy atom. The SMILES string of the molecule is CCc1ccc(NC(=O)C(CC)Oc2ccc(C)cc2C)cc1. The molecule has 1 amide bonds. The highest BCUT2D eigenvalue weighted by atomic mass is 16.5. The fourth-order valence-corrected chi connectivity index (χ4v) is 2.45. The summed E-state index contributed by atoms with van der Waals surface area (Å²) in [5.41, 5.74) is 4.28. The third-order valence-electron chi connectivity index (χ3n) is 3.89. The zero-order chi connectivity index (χ0) is 16.8. The van der Waals surface area contributed by atoms with Gasteiger partial charge in [-0.05, 0) is 56.0 Å². The molecule has 0 bridgehead atoms. The van der Waals surface area contributed by atoms with Crippen LogP contribution in [-0.2, 0) is 11.2 Å². The van der Waals surface area contributed by atoms with Crippen LogP contribution in [0.3, 0.4) is 0 Å². The van der Waals surface area contributed by atoms with E-state index >= 15 is 0 Å². The Labute approximate surface area is 138 Å². The van der Waals surface area contributed by atoms with Gasteiger partial charge < -0.3 is 10.1 Å². The quantitative estimate of drug-likeness (QED) is 0.842. The van der Waals surface area contributed by atoms with Crippen molar-refractivity contribution >= 4 is 11.6 Å². The highest BCUT2D eigenvalue weighted by Gasteiger charge is 2.19. The lowest BCUT2D eigenvalue weighted by atomic mass is 10.1. The Morgan fingerprint density at radius 1 is 1.09 bits per heavy atom. The minimum atomic E-state index is -0.498. The number of hydrogen-bond donors (Lipinski definition) is 1. The number of rotatable bonds is 6. The van der Waals surface area contributed by atoms with Crippen LogP contribution in [0.15, 0.2) is 42.5 Å². The van der Waals surface area contributed by atoms with Crippen LogP contribution in [0, 0.1) is 13.8 Å². The molecule has 2 rings (SSSR count). The minimum absolute atomic E-state index is 0.114.